The molecule has 0 saturated heterocycles. The highest BCUT2D eigenvalue weighted by Gasteiger charge is 2.46. The van der Waals surface area contributed by atoms with Crippen LogP contribution in [-0.4, -0.2) is 33.9 Å². The first-order valence-corrected chi connectivity index (χ1v) is 11.4. The summed E-state index contributed by atoms with van der Waals surface area (Å²) in [7, 11) is 0. The minimum absolute atomic E-state index is 0.000102. The van der Waals surface area contributed by atoms with Crippen LogP contribution in [0, 0.1) is 0 Å². The topological polar surface area (TPSA) is 110 Å². The minimum atomic E-state index is -1.01. The van der Waals surface area contributed by atoms with Gasteiger partial charge in [-0.05, 0) is 62.4 Å². The third kappa shape index (κ3) is 4.02. The van der Waals surface area contributed by atoms with Crippen LogP contribution in [0.25, 0.3) is 11.0 Å². The molecule has 36 heavy (non-hydrogen) atoms. The number of aliphatic hydroxyl groups is 1. The number of anilines is 1. The first-order chi connectivity index (χ1) is 17.3. The van der Waals surface area contributed by atoms with Gasteiger partial charge in [-0.1, -0.05) is 24.3 Å². The number of pyridine rings is 1. The number of carbonyl (C=O) groups is 3. The molecule has 0 fully saturated rings. The number of fused-ring (bicyclic) bond motifs is 1. The molecule has 1 atom stereocenters. The maximum absolute atomic E-state index is 13.6. The zero-order valence-electron chi connectivity index (χ0n) is 19.5. The van der Waals surface area contributed by atoms with Crippen molar-refractivity contribution in [2.45, 2.75) is 26.0 Å². The van der Waals surface area contributed by atoms with Crippen molar-refractivity contribution in [3.8, 4) is 0 Å². The van der Waals surface area contributed by atoms with Crippen LogP contribution in [0.1, 0.15) is 46.5 Å². The smallest absolute Gasteiger partial charge is 0.338 e. The lowest BCUT2D eigenvalue weighted by atomic mass is 9.98. The number of amides is 1. The molecule has 8 heteroatoms. The summed E-state index contributed by atoms with van der Waals surface area (Å²) < 4.78 is 10.9. The molecular weight excluding hydrogens is 460 g/mol. The number of aromatic nitrogens is 1. The highest BCUT2D eigenvalue weighted by molar-refractivity contribution is 6.20. The van der Waals surface area contributed by atoms with Crippen molar-refractivity contribution in [3.05, 3.63) is 107 Å². The quantitative estimate of drug-likeness (QED) is 0.298. The Hall–Kier alpha value is -4.72. The number of para-hydroxylation sites is 1. The molecule has 2 aromatic heterocycles. The number of ketones is 1. The summed E-state index contributed by atoms with van der Waals surface area (Å²) in [5.41, 5.74) is 1.44. The van der Waals surface area contributed by atoms with E-state index in [0.29, 0.717) is 22.5 Å². The number of carbonyl (C=O) groups excluding carboxylic acids is 3. The van der Waals surface area contributed by atoms with Crippen LogP contribution in [0.5, 0.6) is 0 Å². The number of ether oxygens (including phenoxy) is 1. The van der Waals surface area contributed by atoms with Gasteiger partial charge in [0.25, 0.3) is 5.91 Å². The summed E-state index contributed by atoms with van der Waals surface area (Å²) in [4.78, 5) is 44.8. The number of furan rings is 1. The summed E-state index contributed by atoms with van der Waals surface area (Å²) >= 11 is 0. The van der Waals surface area contributed by atoms with Gasteiger partial charge in [0, 0.05) is 17.3 Å². The van der Waals surface area contributed by atoms with E-state index in [0.717, 1.165) is 5.39 Å². The number of benzene rings is 2. The lowest BCUT2D eigenvalue weighted by Gasteiger charge is -2.26. The van der Waals surface area contributed by atoms with E-state index in [4.69, 9.17) is 9.15 Å². The SMILES string of the molecule is CC(C)OC(=O)c1ccc(N2C(=O)C(O)=C(C(=O)c3cc4ccccc4o3)C2c2ccccn2)cc1. The molecule has 2 aromatic carbocycles. The van der Waals surface area contributed by atoms with Crippen LogP contribution in [0.15, 0.2) is 94.7 Å². The van der Waals surface area contributed by atoms with Gasteiger partial charge >= 0.3 is 5.97 Å². The van der Waals surface area contributed by atoms with Gasteiger partial charge in [0.1, 0.15) is 11.6 Å². The van der Waals surface area contributed by atoms with Gasteiger partial charge in [0.2, 0.25) is 5.78 Å². The molecule has 0 aliphatic carbocycles. The fourth-order valence-corrected chi connectivity index (χ4v) is 4.19. The highest BCUT2D eigenvalue weighted by Crippen LogP contribution is 2.41. The first kappa shape index (κ1) is 23.0. The summed E-state index contributed by atoms with van der Waals surface area (Å²) in [6.45, 7) is 3.50. The van der Waals surface area contributed by atoms with E-state index in [1.807, 2.05) is 6.07 Å². The van der Waals surface area contributed by atoms with Crippen molar-refractivity contribution < 1.29 is 28.6 Å². The molecule has 180 valence electrons. The third-order valence-corrected chi connectivity index (χ3v) is 5.79. The third-order valence-electron chi connectivity index (χ3n) is 5.79. The number of esters is 1. The molecule has 0 saturated carbocycles. The van der Waals surface area contributed by atoms with Crippen LogP contribution >= 0.6 is 0 Å². The van der Waals surface area contributed by atoms with Gasteiger partial charge in [-0.25, -0.2) is 4.79 Å². The molecule has 8 nitrogen and oxygen atoms in total. The largest absolute Gasteiger partial charge is 0.503 e. The zero-order chi connectivity index (χ0) is 25.4. The number of hydrogen-bond donors (Lipinski definition) is 1. The van der Waals surface area contributed by atoms with Crippen LogP contribution in [0.4, 0.5) is 5.69 Å². The second-order valence-electron chi connectivity index (χ2n) is 8.57. The van der Waals surface area contributed by atoms with Gasteiger partial charge in [0.05, 0.1) is 22.9 Å². The van der Waals surface area contributed by atoms with Gasteiger partial charge in [-0.15, -0.1) is 0 Å². The molecule has 1 unspecified atom stereocenters. The molecule has 0 spiro atoms. The summed E-state index contributed by atoms with van der Waals surface area (Å²) in [5, 5.41) is 11.6. The average molecular weight is 482 g/mol. The Morgan fingerprint density at radius 3 is 2.42 bits per heavy atom. The molecule has 0 bridgehead atoms. The number of Topliss-reactive ketones (excluding diaryl/α,β-unsaturated/α-hetero) is 1. The Morgan fingerprint density at radius 2 is 1.75 bits per heavy atom. The van der Waals surface area contributed by atoms with Gasteiger partial charge in [-0.2, -0.15) is 0 Å². The van der Waals surface area contributed by atoms with Crippen LogP contribution < -0.4 is 4.90 Å². The van der Waals surface area contributed by atoms with E-state index < -0.39 is 29.5 Å². The van der Waals surface area contributed by atoms with Gasteiger partial charge in [0.15, 0.2) is 11.5 Å². The molecule has 1 aliphatic heterocycles. The van der Waals surface area contributed by atoms with E-state index in [1.54, 1.807) is 74.6 Å². The molecular formula is C28H22N2O6. The van der Waals surface area contributed by atoms with E-state index >= 15 is 0 Å². The Balaban J connectivity index is 1.56. The number of nitrogens with zero attached hydrogens (tertiary/aromatic N) is 2. The number of aliphatic hydroxyl groups excluding tert-OH is 1. The van der Waals surface area contributed by atoms with Crippen molar-refractivity contribution >= 4 is 34.3 Å². The maximum atomic E-state index is 13.6. The van der Waals surface area contributed by atoms with Gasteiger partial charge in [-0.3, -0.25) is 19.5 Å². The molecule has 0 radical (unpaired) electrons. The van der Waals surface area contributed by atoms with Crippen LogP contribution in [0.3, 0.4) is 0 Å². The first-order valence-electron chi connectivity index (χ1n) is 11.4. The van der Waals surface area contributed by atoms with Crippen LogP contribution in [0.2, 0.25) is 0 Å². The van der Waals surface area contributed by atoms with Gasteiger partial charge < -0.3 is 14.3 Å². The Morgan fingerprint density at radius 1 is 1.03 bits per heavy atom. The second-order valence-corrected chi connectivity index (χ2v) is 8.57. The van der Waals surface area contributed by atoms with Crippen molar-refractivity contribution in [2.75, 3.05) is 4.90 Å². The van der Waals surface area contributed by atoms with Crippen molar-refractivity contribution in [2.24, 2.45) is 0 Å². The Labute approximate surface area is 206 Å². The summed E-state index contributed by atoms with van der Waals surface area (Å²) in [5.74, 6) is -2.55. The Kier molecular flexibility index (Phi) is 5.85. The normalized spacial score (nSPS) is 15.7. The monoisotopic (exact) mass is 482 g/mol. The maximum Gasteiger partial charge on any atom is 0.338 e. The predicted molar refractivity (Wildman–Crippen MR) is 132 cm³/mol. The lowest BCUT2D eigenvalue weighted by Crippen LogP contribution is -2.31. The summed E-state index contributed by atoms with van der Waals surface area (Å²) in [6.07, 6.45) is 1.26. The average Bonchev–Trinajstić information content (AvgIpc) is 3.43. The van der Waals surface area contributed by atoms with Crippen molar-refractivity contribution in [3.63, 3.8) is 0 Å². The fourth-order valence-electron chi connectivity index (χ4n) is 4.19. The van der Waals surface area contributed by atoms with E-state index in [-0.39, 0.29) is 17.4 Å². The molecule has 1 N–H and O–H groups in total. The van der Waals surface area contributed by atoms with Crippen LogP contribution in [-0.2, 0) is 9.53 Å². The van der Waals surface area contributed by atoms with Crippen molar-refractivity contribution in [1.29, 1.82) is 0 Å². The van der Waals surface area contributed by atoms with E-state index in [1.165, 1.54) is 17.0 Å². The van der Waals surface area contributed by atoms with E-state index in [9.17, 15) is 19.5 Å². The lowest BCUT2D eigenvalue weighted by molar-refractivity contribution is -0.117. The molecule has 1 aliphatic rings. The molecule has 4 aromatic rings. The molecule has 5 rings (SSSR count). The standard InChI is InChI=1S/C28H22N2O6/c1-16(2)35-28(34)17-10-12-19(13-11-17)30-24(20-8-5-6-14-29-20)23(26(32)27(30)33)25(31)22-15-18-7-3-4-9-21(18)36-22/h3-16,24,32H,1-2H3. The molecule has 1 amide bonds. The fraction of sp³-hybridized carbons (Fsp3) is 0.143. The highest BCUT2D eigenvalue weighted by atomic mass is 16.5. The zero-order valence-corrected chi connectivity index (χ0v) is 19.5. The summed E-state index contributed by atoms with van der Waals surface area (Å²) in [6, 6.07) is 19.0. The van der Waals surface area contributed by atoms with Crippen molar-refractivity contribution in [1.82, 2.24) is 4.98 Å². The minimum Gasteiger partial charge on any atom is -0.503 e. The number of rotatable bonds is 6. The second kappa shape index (κ2) is 9.14. The predicted octanol–water partition coefficient (Wildman–Crippen LogP) is 5.18. The molecule has 3 heterocycles. The van der Waals surface area contributed by atoms with E-state index in [2.05, 4.69) is 4.98 Å². The number of hydrogen-bond acceptors (Lipinski definition) is 7. The Bertz CT molecular complexity index is 1470.